The molecule has 0 aromatic heterocycles. The Bertz CT molecular complexity index is 594. The summed E-state index contributed by atoms with van der Waals surface area (Å²) in [5, 5.41) is 2.81. The second-order valence-electron chi connectivity index (χ2n) is 4.59. The lowest BCUT2D eigenvalue weighted by atomic mass is 10.0. The molecule has 0 aliphatic carbocycles. The summed E-state index contributed by atoms with van der Waals surface area (Å²) in [6.07, 6.45) is 0. The molecule has 0 atom stereocenters. The molecule has 0 fully saturated rings. The largest absolute Gasteiger partial charge is 0.353 e. The number of benzene rings is 2. The van der Waals surface area contributed by atoms with Gasteiger partial charge in [0.15, 0.2) is 17.5 Å². The van der Waals surface area contributed by atoms with Crippen LogP contribution in [0.4, 0.5) is 24.5 Å². The predicted molar refractivity (Wildman–Crippen MR) is 70.1 cm³/mol. The molecule has 0 aliphatic heterocycles. The van der Waals surface area contributed by atoms with Crippen molar-refractivity contribution in [2.75, 3.05) is 5.32 Å². The lowest BCUT2D eigenvalue weighted by molar-refractivity contribution is 0.449. The van der Waals surface area contributed by atoms with Crippen molar-refractivity contribution in [3.63, 3.8) is 0 Å². The lowest BCUT2D eigenvalue weighted by Gasteiger charge is -2.15. The van der Waals surface area contributed by atoms with Gasteiger partial charge in [-0.1, -0.05) is 32.0 Å². The van der Waals surface area contributed by atoms with Crippen LogP contribution in [0, 0.1) is 17.5 Å². The fourth-order valence-electron chi connectivity index (χ4n) is 1.88. The zero-order valence-corrected chi connectivity index (χ0v) is 10.7. The van der Waals surface area contributed by atoms with Gasteiger partial charge < -0.3 is 5.32 Å². The molecule has 2 aromatic carbocycles. The molecule has 0 radical (unpaired) electrons. The van der Waals surface area contributed by atoms with Crippen molar-refractivity contribution in [2.45, 2.75) is 19.8 Å². The molecule has 0 saturated carbocycles. The van der Waals surface area contributed by atoms with Gasteiger partial charge in [0.2, 0.25) is 0 Å². The maximum absolute atomic E-state index is 13.6. The van der Waals surface area contributed by atoms with E-state index in [1.54, 1.807) is 12.1 Å². The van der Waals surface area contributed by atoms with Gasteiger partial charge in [-0.05, 0) is 29.7 Å². The average molecular weight is 265 g/mol. The summed E-state index contributed by atoms with van der Waals surface area (Å²) in [4.78, 5) is 0. The van der Waals surface area contributed by atoms with Crippen LogP contribution in [0.3, 0.4) is 0 Å². The third-order valence-electron chi connectivity index (χ3n) is 2.89. The summed E-state index contributed by atoms with van der Waals surface area (Å²) >= 11 is 0. The molecule has 0 aliphatic rings. The maximum atomic E-state index is 13.6. The molecule has 0 amide bonds. The Morgan fingerprint density at radius 3 is 2.21 bits per heavy atom. The number of rotatable bonds is 3. The van der Waals surface area contributed by atoms with Crippen LogP contribution in [-0.4, -0.2) is 0 Å². The molecule has 2 aromatic rings. The van der Waals surface area contributed by atoms with Crippen LogP contribution in [0.1, 0.15) is 25.3 Å². The summed E-state index contributed by atoms with van der Waals surface area (Å²) in [5.74, 6) is -3.64. The van der Waals surface area contributed by atoms with Crippen molar-refractivity contribution in [3.05, 3.63) is 59.4 Å². The van der Waals surface area contributed by atoms with E-state index in [1.165, 1.54) is 6.07 Å². The van der Waals surface area contributed by atoms with Crippen molar-refractivity contribution >= 4 is 11.4 Å². The zero-order valence-electron chi connectivity index (χ0n) is 10.7. The van der Waals surface area contributed by atoms with E-state index in [2.05, 4.69) is 5.32 Å². The average Bonchev–Trinajstić information content (AvgIpc) is 2.40. The minimum atomic E-state index is -1.47. The third-order valence-corrected chi connectivity index (χ3v) is 2.89. The first-order valence-corrected chi connectivity index (χ1v) is 6.00. The van der Waals surface area contributed by atoms with Crippen LogP contribution >= 0.6 is 0 Å². The number of para-hydroxylation sites is 1. The second-order valence-corrected chi connectivity index (χ2v) is 4.59. The fourth-order valence-corrected chi connectivity index (χ4v) is 1.88. The third kappa shape index (κ3) is 2.72. The molecule has 0 unspecified atom stereocenters. The number of nitrogens with one attached hydrogen (secondary N) is 1. The van der Waals surface area contributed by atoms with E-state index < -0.39 is 17.5 Å². The van der Waals surface area contributed by atoms with E-state index in [-0.39, 0.29) is 11.6 Å². The van der Waals surface area contributed by atoms with Crippen molar-refractivity contribution in [1.82, 2.24) is 0 Å². The minimum absolute atomic E-state index is 0.0769. The Balaban J connectivity index is 2.40. The van der Waals surface area contributed by atoms with Crippen LogP contribution in [0.15, 0.2) is 36.4 Å². The molecule has 0 bridgehead atoms. The zero-order chi connectivity index (χ0) is 14.0. The van der Waals surface area contributed by atoms with Gasteiger partial charge in [0.1, 0.15) is 0 Å². The van der Waals surface area contributed by atoms with E-state index in [4.69, 9.17) is 0 Å². The molecular formula is C15H14F3N. The van der Waals surface area contributed by atoms with Gasteiger partial charge in [-0.3, -0.25) is 0 Å². The Kier molecular flexibility index (Phi) is 3.79. The standard InChI is InChI=1S/C15H14F3N/c1-9(2)10-5-3-4-6-12(10)19-13-8-7-11(16)14(17)15(13)18/h3-9,19H,1-2H3. The number of anilines is 2. The van der Waals surface area contributed by atoms with Gasteiger partial charge in [0, 0.05) is 5.69 Å². The summed E-state index contributed by atoms with van der Waals surface area (Å²) in [7, 11) is 0. The van der Waals surface area contributed by atoms with E-state index in [0.29, 0.717) is 5.69 Å². The first-order chi connectivity index (χ1) is 9.00. The molecule has 1 N–H and O–H groups in total. The minimum Gasteiger partial charge on any atom is -0.353 e. The normalized spacial score (nSPS) is 10.8. The van der Waals surface area contributed by atoms with E-state index in [9.17, 15) is 13.2 Å². The maximum Gasteiger partial charge on any atom is 0.196 e. The Labute approximate surface area is 110 Å². The van der Waals surface area contributed by atoms with Crippen molar-refractivity contribution in [2.24, 2.45) is 0 Å². The lowest BCUT2D eigenvalue weighted by Crippen LogP contribution is -2.01. The second kappa shape index (κ2) is 5.34. The van der Waals surface area contributed by atoms with Crippen LogP contribution < -0.4 is 5.32 Å². The van der Waals surface area contributed by atoms with Crippen molar-refractivity contribution in [1.29, 1.82) is 0 Å². The van der Waals surface area contributed by atoms with Crippen molar-refractivity contribution < 1.29 is 13.2 Å². The number of hydrogen-bond acceptors (Lipinski definition) is 1. The summed E-state index contributed by atoms with van der Waals surface area (Å²) in [6.45, 7) is 4.00. The van der Waals surface area contributed by atoms with Crippen LogP contribution in [0.25, 0.3) is 0 Å². The van der Waals surface area contributed by atoms with Crippen LogP contribution in [0.2, 0.25) is 0 Å². The number of halogens is 3. The van der Waals surface area contributed by atoms with Gasteiger partial charge in [-0.15, -0.1) is 0 Å². The van der Waals surface area contributed by atoms with E-state index in [1.807, 2.05) is 26.0 Å². The first kappa shape index (κ1) is 13.5. The SMILES string of the molecule is CC(C)c1ccccc1Nc1ccc(F)c(F)c1F. The quantitative estimate of drug-likeness (QED) is 0.772. The highest BCUT2D eigenvalue weighted by Gasteiger charge is 2.14. The summed E-state index contributed by atoms with van der Waals surface area (Å²) in [6, 6.07) is 9.44. The first-order valence-electron chi connectivity index (χ1n) is 6.00. The van der Waals surface area contributed by atoms with Crippen LogP contribution in [0.5, 0.6) is 0 Å². The Morgan fingerprint density at radius 2 is 1.53 bits per heavy atom. The fraction of sp³-hybridized carbons (Fsp3) is 0.200. The van der Waals surface area contributed by atoms with E-state index >= 15 is 0 Å². The predicted octanol–water partition coefficient (Wildman–Crippen LogP) is 4.97. The van der Waals surface area contributed by atoms with E-state index in [0.717, 1.165) is 11.6 Å². The molecule has 19 heavy (non-hydrogen) atoms. The molecule has 0 spiro atoms. The molecule has 4 heteroatoms. The number of hydrogen-bond donors (Lipinski definition) is 1. The Morgan fingerprint density at radius 1 is 0.842 bits per heavy atom. The van der Waals surface area contributed by atoms with Gasteiger partial charge in [0.05, 0.1) is 5.69 Å². The molecule has 0 heterocycles. The molecular weight excluding hydrogens is 251 g/mol. The van der Waals surface area contributed by atoms with Gasteiger partial charge in [-0.25, -0.2) is 13.2 Å². The van der Waals surface area contributed by atoms with Gasteiger partial charge in [0.25, 0.3) is 0 Å². The highest BCUT2D eigenvalue weighted by molar-refractivity contribution is 5.64. The summed E-state index contributed by atoms with van der Waals surface area (Å²) in [5.41, 5.74) is 1.58. The highest BCUT2D eigenvalue weighted by Crippen LogP contribution is 2.29. The summed E-state index contributed by atoms with van der Waals surface area (Å²) < 4.78 is 39.6. The van der Waals surface area contributed by atoms with Crippen LogP contribution in [-0.2, 0) is 0 Å². The molecule has 2 rings (SSSR count). The highest BCUT2D eigenvalue weighted by atomic mass is 19.2. The molecule has 0 saturated heterocycles. The smallest absolute Gasteiger partial charge is 0.196 e. The van der Waals surface area contributed by atoms with Gasteiger partial charge >= 0.3 is 0 Å². The monoisotopic (exact) mass is 265 g/mol. The Hall–Kier alpha value is -1.97. The topological polar surface area (TPSA) is 12.0 Å². The van der Waals surface area contributed by atoms with Crippen molar-refractivity contribution in [3.8, 4) is 0 Å². The van der Waals surface area contributed by atoms with Gasteiger partial charge in [-0.2, -0.15) is 0 Å². The molecule has 100 valence electrons. The molecule has 1 nitrogen and oxygen atoms in total.